The molecule has 0 bridgehead atoms. The molecule has 0 aliphatic carbocycles. The Hall–Kier alpha value is -0.710. The lowest BCUT2D eigenvalue weighted by molar-refractivity contribution is 0.108. The Labute approximate surface area is 84.4 Å². The fraction of sp³-hybridized carbons (Fsp3) is 0.125. The highest BCUT2D eigenvalue weighted by Crippen LogP contribution is 2.12. The van der Waals surface area contributed by atoms with E-state index in [1.54, 1.807) is 24.3 Å². The third-order valence-corrected chi connectivity index (χ3v) is 2.11. The van der Waals surface area contributed by atoms with Crippen LogP contribution in [0.1, 0.15) is 10.4 Å². The number of hydrogen-bond donors (Lipinski definition) is 1. The molecule has 5 heteroatoms. The summed E-state index contributed by atoms with van der Waals surface area (Å²) in [4.78, 5) is 10.7. The van der Waals surface area contributed by atoms with Gasteiger partial charge in [-0.05, 0) is 35.9 Å². The van der Waals surface area contributed by atoms with Gasteiger partial charge in [-0.2, -0.15) is 0 Å². The third kappa shape index (κ3) is 3.26. The SMILES string of the molecule is C[S+]([O-])Nc1ccc(C(=O)Cl)cc1. The summed E-state index contributed by atoms with van der Waals surface area (Å²) in [6.07, 6.45) is 1.53. The van der Waals surface area contributed by atoms with Gasteiger partial charge in [0.15, 0.2) is 0 Å². The molecule has 0 aliphatic heterocycles. The first-order chi connectivity index (χ1) is 6.09. The molecule has 1 aromatic carbocycles. The van der Waals surface area contributed by atoms with Crippen LogP contribution in [0.3, 0.4) is 0 Å². The van der Waals surface area contributed by atoms with Crippen molar-refractivity contribution >= 4 is 33.9 Å². The number of rotatable bonds is 3. The van der Waals surface area contributed by atoms with Gasteiger partial charge < -0.3 is 4.55 Å². The Balaban J connectivity index is 2.75. The van der Waals surface area contributed by atoms with Gasteiger partial charge in [0.25, 0.3) is 5.24 Å². The topological polar surface area (TPSA) is 52.2 Å². The summed E-state index contributed by atoms with van der Waals surface area (Å²) in [5, 5.41) is -0.496. The molecule has 1 aromatic rings. The van der Waals surface area contributed by atoms with Gasteiger partial charge in [0.1, 0.15) is 6.26 Å². The molecule has 0 spiro atoms. The van der Waals surface area contributed by atoms with Crippen LogP contribution in [0.25, 0.3) is 0 Å². The monoisotopic (exact) mass is 217 g/mol. The average molecular weight is 218 g/mol. The maximum atomic E-state index is 10.7. The summed E-state index contributed by atoms with van der Waals surface area (Å²) in [6.45, 7) is 0. The number of benzene rings is 1. The summed E-state index contributed by atoms with van der Waals surface area (Å²) in [5.41, 5.74) is 1.12. The summed E-state index contributed by atoms with van der Waals surface area (Å²) >= 11 is 4.14. The Morgan fingerprint density at radius 1 is 1.46 bits per heavy atom. The van der Waals surface area contributed by atoms with Gasteiger partial charge in [0.2, 0.25) is 0 Å². The molecule has 0 aliphatic rings. The van der Waals surface area contributed by atoms with Gasteiger partial charge in [-0.3, -0.25) is 4.79 Å². The first-order valence-electron chi connectivity index (χ1n) is 3.49. The van der Waals surface area contributed by atoms with Crippen LogP contribution in [0, 0.1) is 0 Å². The van der Waals surface area contributed by atoms with E-state index < -0.39 is 16.6 Å². The molecule has 70 valence electrons. The molecule has 0 radical (unpaired) electrons. The van der Waals surface area contributed by atoms with Crippen molar-refractivity contribution in [2.45, 2.75) is 0 Å². The van der Waals surface area contributed by atoms with E-state index in [0.717, 1.165) is 0 Å². The minimum atomic E-state index is -1.10. The lowest BCUT2D eigenvalue weighted by atomic mass is 10.2. The van der Waals surface area contributed by atoms with Crippen LogP contribution in [-0.4, -0.2) is 16.1 Å². The smallest absolute Gasteiger partial charge is 0.252 e. The molecule has 0 saturated heterocycles. The highest BCUT2D eigenvalue weighted by Gasteiger charge is 2.02. The molecule has 0 amide bonds. The number of carbonyl (C=O) groups is 1. The van der Waals surface area contributed by atoms with Crippen LogP contribution in [-0.2, 0) is 11.4 Å². The van der Waals surface area contributed by atoms with Crippen LogP contribution in [0.15, 0.2) is 24.3 Å². The Kier molecular flexibility index (Phi) is 3.59. The fourth-order valence-corrected chi connectivity index (χ4v) is 1.43. The normalized spacial score (nSPS) is 12.2. The molecule has 1 rings (SSSR count). The van der Waals surface area contributed by atoms with Crippen molar-refractivity contribution in [1.29, 1.82) is 0 Å². The summed E-state index contributed by atoms with van der Waals surface area (Å²) < 4.78 is 13.4. The van der Waals surface area contributed by atoms with Gasteiger partial charge in [0.05, 0.1) is 17.0 Å². The maximum absolute atomic E-state index is 10.7. The number of carbonyl (C=O) groups excluding carboxylic acids is 1. The van der Waals surface area contributed by atoms with Gasteiger partial charge >= 0.3 is 0 Å². The lowest BCUT2D eigenvalue weighted by Gasteiger charge is -2.06. The molecule has 1 unspecified atom stereocenters. The molecule has 13 heavy (non-hydrogen) atoms. The van der Waals surface area contributed by atoms with Crippen molar-refractivity contribution in [2.24, 2.45) is 0 Å². The van der Waals surface area contributed by atoms with Crippen LogP contribution in [0.5, 0.6) is 0 Å². The zero-order valence-corrected chi connectivity index (χ0v) is 8.48. The predicted molar refractivity (Wildman–Crippen MR) is 54.3 cm³/mol. The second kappa shape index (κ2) is 4.50. The van der Waals surface area contributed by atoms with E-state index in [9.17, 15) is 9.35 Å². The van der Waals surface area contributed by atoms with Crippen molar-refractivity contribution in [3.05, 3.63) is 29.8 Å². The van der Waals surface area contributed by atoms with E-state index >= 15 is 0 Å². The molecular weight excluding hydrogens is 210 g/mol. The van der Waals surface area contributed by atoms with Crippen LogP contribution in [0.4, 0.5) is 5.69 Å². The number of nitrogens with one attached hydrogen (secondary N) is 1. The van der Waals surface area contributed by atoms with Crippen LogP contribution < -0.4 is 4.72 Å². The molecule has 0 fully saturated rings. The summed E-state index contributed by atoms with van der Waals surface area (Å²) in [6, 6.07) is 6.45. The number of anilines is 1. The molecule has 3 nitrogen and oxygen atoms in total. The fourth-order valence-electron chi connectivity index (χ4n) is 0.835. The zero-order valence-electron chi connectivity index (χ0n) is 6.91. The zero-order chi connectivity index (χ0) is 9.84. The average Bonchev–Trinajstić information content (AvgIpc) is 2.04. The van der Waals surface area contributed by atoms with E-state index in [0.29, 0.717) is 11.3 Å². The number of hydrogen-bond acceptors (Lipinski definition) is 3. The second-order valence-corrected chi connectivity index (χ2v) is 3.86. The Morgan fingerprint density at radius 3 is 2.38 bits per heavy atom. The van der Waals surface area contributed by atoms with Gasteiger partial charge in [-0.25, -0.2) is 4.72 Å². The molecular formula is C8H8ClNO2S. The first kappa shape index (κ1) is 10.4. The van der Waals surface area contributed by atoms with Crippen molar-refractivity contribution in [3.8, 4) is 0 Å². The van der Waals surface area contributed by atoms with Gasteiger partial charge in [-0.1, -0.05) is 0 Å². The van der Waals surface area contributed by atoms with Crippen molar-refractivity contribution in [3.63, 3.8) is 0 Å². The molecule has 0 saturated carbocycles. The molecule has 1 N–H and O–H groups in total. The first-order valence-corrected chi connectivity index (χ1v) is 5.43. The molecule has 1 atom stereocenters. The van der Waals surface area contributed by atoms with Crippen molar-refractivity contribution < 1.29 is 9.35 Å². The van der Waals surface area contributed by atoms with Crippen molar-refractivity contribution in [2.75, 3.05) is 11.0 Å². The quantitative estimate of drug-likeness (QED) is 0.620. The van der Waals surface area contributed by atoms with Crippen molar-refractivity contribution in [1.82, 2.24) is 0 Å². The van der Waals surface area contributed by atoms with Gasteiger partial charge in [0, 0.05) is 5.56 Å². The highest BCUT2D eigenvalue weighted by molar-refractivity contribution is 7.92. The maximum Gasteiger partial charge on any atom is 0.252 e. The standard InChI is InChI=1S/C8H8ClNO2S/c1-13(12)10-7-4-2-6(3-5-7)8(9)11/h2-5,10H,1H3. The molecule has 0 heterocycles. The van der Waals surface area contributed by atoms with E-state index in [-0.39, 0.29) is 0 Å². The minimum absolute atomic E-state index is 0.425. The summed E-state index contributed by atoms with van der Waals surface area (Å²) in [7, 11) is 0. The van der Waals surface area contributed by atoms with E-state index in [4.69, 9.17) is 11.6 Å². The Morgan fingerprint density at radius 2 is 2.00 bits per heavy atom. The predicted octanol–water partition coefficient (Wildman–Crippen LogP) is 1.77. The van der Waals surface area contributed by atoms with E-state index in [1.165, 1.54) is 6.26 Å². The largest absolute Gasteiger partial charge is 0.593 e. The van der Waals surface area contributed by atoms with Crippen LogP contribution in [0.2, 0.25) is 0 Å². The minimum Gasteiger partial charge on any atom is -0.593 e. The lowest BCUT2D eigenvalue weighted by Crippen LogP contribution is -2.09. The second-order valence-electron chi connectivity index (χ2n) is 2.41. The highest BCUT2D eigenvalue weighted by atomic mass is 35.5. The van der Waals surface area contributed by atoms with Crippen LogP contribution >= 0.6 is 11.6 Å². The number of halogens is 1. The molecule has 0 aromatic heterocycles. The summed E-state index contributed by atoms with van der Waals surface area (Å²) in [5.74, 6) is 0. The third-order valence-electron chi connectivity index (χ3n) is 1.37. The van der Waals surface area contributed by atoms with Gasteiger partial charge in [-0.15, -0.1) is 0 Å². The van der Waals surface area contributed by atoms with E-state index in [2.05, 4.69) is 4.72 Å². The van der Waals surface area contributed by atoms with E-state index in [1.807, 2.05) is 0 Å². The Bertz CT molecular complexity index is 300.